The normalized spacial score (nSPS) is 23.1. The van der Waals surface area contributed by atoms with Gasteiger partial charge in [-0.15, -0.1) is 0 Å². The van der Waals surface area contributed by atoms with Crippen LogP contribution in [0.2, 0.25) is 0 Å². The first kappa shape index (κ1) is 11.2. The minimum absolute atomic E-state index is 0.0349. The fourth-order valence-corrected chi connectivity index (χ4v) is 5.17. The number of nitrogens with zero attached hydrogens (tertiary/aromatic N) is 2. The summed E-state index contributed by atoms with van der Waals surface area (Å²) < 4.78 is 83.9. The van der Waals surface area contributed by atoms with Gasteiger partial charge in [0, 0.05) is 43.0 Å². The number of hydrogen-bond donors (Lipinski definition) is 0. The van der Waals surface area contributed by atoms with Crippen molar-refractivity contribution >= 4 is 0 Å². The van der Waals surface area contributed by atoms with Crippen LogP contribution < -0.4 is 4.57 Å². The summed E-state index contributed by atoms with van der Waals surface area (Å²) in [5.41, 5.74) is 5.23. The Morgan fingerprint density at radius 3 is 2.60 bits per heavy atom. The van der Waals surface area contributed by atoms with Crippen LogP contribution in [0.3, 0.4) is 0 Å². The summed E-state index contributed by atoms with van der Waals surface area (Å²) in [7, 11) is 1.78. The van der Waals surface area contributed by atoms with E-state index in [4.69, 9.17) is 12.3 Å². The Morgan fingerprint density at radius 1 is 1.00 bits per heavy atom. The molecule has 1 aromatic carbocycles. The van der Waals surface area contributed by atoms with Crippen molar-refractivity contribution in [2.45, 2.75) is 71.9 Å². The minimum atomic E-state index is -2.56. The Bertz CT molecular complexity index is 1490. The van der Waals surface area contributed by atoms with Gasteiger partial charge in [0.05, 0.1) is 11.3 Å². The third-order valence-corrected chi connectivity index (χ3v) is 6.60. The van der Waals surface area contributed by atoms with Crippen molar-refractivity contribution in [1.29, 1.82) is 0 Å². The van der Waals surface area contributed by atoms with Crippen molar-refractivity contribution in [2.75, 3.05) is 0 Å². The van der Waals surface area contributed by atoms with Gasteiger partial charge >= 0.3 is 0 Å². The molecule has 1 saturated carbocycles. The van der Waals surface area contributed by atoms with Gasteiger partial charge in [0.1, 0.15) is 7.05 Å². The van der Waals surface area contributed by atoms with E-state index in [9.17, 15) is 1.37 Å². The van der Waals surface area contributed by atoms with E-state index in [1.807, 2.05) is 25.1 Å². The van der Waals surface area contributed by atoms with E-state index < -0.39 is 26.4 Å². The third kappa shape index (κ3) is 3.09. The summed E-state index contributed by atoms with van der Waals surface area (Å²) in [6.07, 6.45) is 5.79. The van der Waals surface area contributed by atoms with Gasteiger partial charge in [0.2, 0.25) is 5.69 Å². The lowest BCUT2D eigenvalue weighted by atomic mass is 9.82. The van der Waals surface area contributed by atoms with Gasteiger partial charge in [-0.2, -0.15) is 0 Å². The highest BCUT2D eigenvalue weighted by atomic mass is 14.9. The zero-order chi connectivity index (χ0) is 29.4. The molecule has 2 aliphatic rings. The van der Waals surface area contributed by atoms with E-state index in [1.54, 1.807) is 17.8 Å². The summed E-state index contributed by atoms with van der Waals surface area (Å²) in [4.78, 5) is 4.43. The molecule has 2 aliphatic carbocycles. The number of benzene rings is 1. The molecule has 0 saturated heterocycles. The zero-order valence-electron chi connectivity index (χ0n) is 27.5. The lowest BCUT2D eigenvalue weighted by molar-refractivity contribution is -0.660. The van der Waals surface area contributed by atoms with E-state index in [1.165, 1.54) is 6.07 Å². The van der Waals surface area contributed by atoms with Gasteiger partial charge in [-0.1, -0.05) is 31.4 Å². The molecule has 0 unspecified atom stereocenters. The topological polar surface area (TPSA) is 16.8 Å². The number of hydrogen-bond acceptors (Lipinski definition) is 1. The molecule has 5 rings (SSSR count). The van der Waals surface area contributed by atoms with Gasteiger partial charge in [0.25, 0.3) is 0 Å². The number of rotatable bonds is 2. The van der Waals surface area contributed by atoms with Gasteiger partial charge in [0.15, 0.2) is 6.20 Å². The Balaban J connectivity index is 1.77. The van der Waals surface area contributed by atoms with Crippen LogP contribution in [0, 0.1) is 27.5 Å². The third-order valence-electron chi connectivity index (χ3n) is 6.60. The summed E-state index contributed by atoms with van der Waals surface area (Å²) in [5, 5.41) is 0. The van der Waals surface area contributed by atoms with E-state index >= 15 is 0 Å². The summed E-state index contributed by atoms with van der Waals surface area (Å²) >= 11 is 0. The van der Waals surface area contributed by atoms with Crippen molar-refractivity contribution in [2.24, 2.45) is 7.05 Å². The molecule has 2 heteroatoms. The van der Waals surface area contributed by atoms with Crippen molar-refractivity contribution < 1.29 is 18.3 Å². The lowest BCUT2D eigenvalue weighted by Gasteiger charge is -2.23. The van der Waals surface area contributed by atoms with E-state index in [2.05, 4.69) is 4.98 Å². The van der Waals surface area contributed by atoms with Crippen LogP contribution in [0.4, 0.5) is 0 Å². The van der Waals surface area contributed by atoms with E-state index in [0.29, 0.717) is 35.2 Å². The molecule has 3 aromatic rings. The molecule has 2 nitrogen and oxygen atoms in total. The van der Waals surface area contributed by atoms with Crippen LogP contribution in [0.15, 0.2) is 30.5 Å². The second-order valence-electron chi connectivity index (χ2n) is 8.60. The Kier molecular flexibility index (Phi) is 2.75. The summed E-state index contributed by atoms with van der Waals surface area (Å²) in [6, 6.07) is 6.79. The Labute approximate surface area is 195 Å². The highest BCUT2D eigenvalue weighted by molar-refractivity contribution is 5.85. The molecule has 0 amide bonds. The van der Waals surface area contributed by atoms with Crippen molar-refractivity contribution in [3.05, 3.63) is 69.7 Å². The van der Waals surface area contributed by atoms with Gasteiger partial charge in [-0.25, -0.2) is 4.57 Å². The zero-order valence-corrected chi connectivity index (χ0v) is 17.5. The predicted molar refractivity (Wildman–Crippen MR) is 124 cm³/mol. The molecule has 0 atom stereocenters. The number of fused-ring (bicyclic) bond motifs is 3. The Hall–Kier alpha value is -2.48. The molecule has 1 fully saturated rings. The van der Waals surface area contributed by atoms with Crippen molar-refractivity contribution in [3.8, 4) is 22.4 Å². The first-order valence-corrected chi connectivity index (χ1v) is 10.6. The highest BCUT2D eigenvalue weighted by Gasteiger charge is 2.30. The lowest BCUT2D eigenvalue weighted by Crippen LogP contribution is -2.32. The van der Waals surface area contributed by atoms with Crippen LogP contribution in [0.1, 0.15) is 90.9 Å². The molecule has 2 aromatic heterocycles. The number of aromatic nitrogens is 2. The maximum absolute atomic E-state index is 9.32. The molecule has 0 spiro atoms. The summed E-state index contributed by atoms with van der Waals surface area (Å²) in [5.74, 6) is -1.01. The highest BCUT2D eigenvalue weighted by Crippen LogP contribution is 2.44. The number of pyridine rings is 2. The first-order valence-electron chi connectivity index (χ1n) is 15.6. The average Bonchev–Trinajstić information content (AvgIpc) is 3.20. The molecule has 154 valence electrons. The second-order valence-corrected chi connectivity index (χ2v) is 8.60. The van der Waals surface area contributed by atoms with Crippen LogP contribution in [-0.4, -0.2) is 4.98 Å². The van der Waals surface area contributed by atoms with Crippen molar-refractivity contribution in [1.82, 2.24) is 4.98 Å². The van der Waals surface area contributed by atoms with Crippen LogP contribution in [0.5, 0.6) is 0 Å². The quantitative estimate of drug-likeness (QED) is 0.350. The van der Waals surface area contributed by atoms with Crippen LogP contribution in [-0.2, 0) is 13.5 Å². The number of aryl methyl sites for hydroxylation is 5. The molecule has 0 radical (unpaired) electrons. The van der Waals surface area contributed by atoms with E-state index in [-0.39, 0.29) is 23.2 Å². The molecule has 0 N–H and O–H groups in total. The van der Waals surface area contributed by atoms with Crippen molar-refractivity contribution in [3.63, 3.8) is 0 Å². The maximum atomic E-state index is 9.32. The average molecular weight is 408 g/mol. The first-order chi connectivity index (χ1) is 18.4. The summed E-state index contributed by atoms with van der Waals surface area (Å²) in [6.45, 7) is -5.54. The smallest absolute Gasteiger partial charge is 0.213 e. The Morgan fingerprint density at radius 2 is 1.83 bits per heavy atom. The molecular weight excluding hydrogens is 364 g/mol. The molecular formula is C28H33N2+. The molecule has 0 bridgehead atoms. The fraction of sp³-hybridized carbons (Fsp3) is 0.429. The van der Waals surface area contributed by atoms with Gasteiger partial charge in [-0.05, 0) is 80.1 Å². The van der Waals surface area contributed by atoms with Gasteiger partial charge in [-0.3, -0.25) is 4.98 Å². The minimum Gasteiger partial charge on any atom is -0.257 e. The SMILES string of the molecule is [2H]C([2H])([2H])c1cc(C([2H])([2H])[2H])c2c(n1)Cc1c-2ccc(C)c1-c1cc(C2([2H])CCCCC2)c(C([2H])([2H])[2H])c[n+]1C. The largest absolute Gasteiger partial charge is 0.257 e. The monoisotopic (exact) mass is 407 g/mol. The maximum Gasteiger partial charge on any atom is 0.213 e. The van der Waals surface area contributed by atoms with Crippen LogP contribution in [0.25, 0.3) is 22.4 Å². The molecule has 30 heavy (non-hydrogen) atoms. The van der Waals surface area contributed by atoms with E-state index in [0.717, 1.165) is 41.6 Å². The predicted octanol–water partition coefficient (Wildman–Crippen LogP) is 6.43. The van der Waals surface area contributed by atoms with Gasteiger partial charge < -0.3 is 0 Å². The fourth-order valence-electron chi connectivity index (χ4n) is 5.17. The standard InChI is InChI=1S/C28H33N2/c1-17-11-12-22-24(14-25-27(22)18(2)13-20(4)29-25)28(17)26-15-23(19(3)16-30(26)5)21-9-7-6-8-10-21/h11-13,15-16,21H,6-10,14H2,1-5H3/q+1/i2D3,3D3,4D3,21D. The molecule has 0 aliphatic heterocycles. The van der Waals surface area contributed by atoms with Crippen LogP contribution >= 0.6 is 0 Å². The molecule has 2 heterocycles. The second kappa shape index (κ2) is 7.34.